The highest BCUT2D eigenvalue weighted by molar-refractivity contribution is 6.30. The van der Waals surface area contributed by atoms with E-state index in [2.05, 4.69) is 15.4 Å². The highest BCUT2D eigenvalue weighted by Gasteiger charge is 2.06. The molecule has 0 spiro atoms. The number of amides is 1. The first-order valence-electron chi connectivity index (χ1n) is 7.66. The van der Waals surface area contributed by atoms with Crippen molar-refractivity contribution in [1.29, 1.82) is 0 Å². The number of halogens is 1. The number of hydrogen-bond acceptors (Lipinski definition) is 4. The molecule has 1 amide bonds. The lowest BCUT2D eigenvalue weighted by molar-refractivity contribution is 0.0951. The highest BCUT2D eigenvalue weighted by Crippen LogP contribution is 2.18. The first kappa shape index (κ1) is 16.9. The minimum atomic E-state index is -0.226. The Balaban J connectivity index is 1.68. The van der Waals surface area contributed by atoms with E-state index in [0.29, 0.717) is 16.3 Å². The van der Waals surface area contributed by atoms with Gasteiger partial charge in [-0.05, 0) is 30.3 Å². The molecule has 6 nitrogen and oxygen atoms in total. The molecule has 3 rings (SSSR count). The van der Waals surface area contributed by atoms with Crippen LogP contribution in [0.3, 0.4) is 0 Å². The zero-order valence-corrected chi connectivity index (χ0v) is 14.0. The van der Waals surface area contributed by atoms with E-state index in [1.165, 1.54) is 10.7 Å². The van der Waals surface area contributed by atoms with E-state index in [9.17, 15) is 9.59 Å². The average molecular weight is 355 g/mol. The third kappa shape index (κ3) is 4.30. The van der Waals surface area contributed by atoms with Gasteiger partial charge in [-0.15, -0.1) is 0 Å². The molecule has 0 fully saturated rings. The zero-order valence-electron chi connectivity index (χ0n) is 13.2. The molecule has 126 valence electrons. The van der Waals surface area contributed by atoms with E-state index in [0.717, 1.165) is 5.56 Å². The second kappa shape index (κ2) is 7.72. The van der Waals surface area contributed by atoms with Gasteiger partial charge < -0.3 is 5.32 Å². The highest BCUT2D eigenvalue weighted by atomic mass is 35.5. The van der Waals surface area contributed by atoms with Crippen molar-refractivity contribution in [2.75, 3.05) is 6.54 Å². The maximum absolute atomic E-state index is 12.0. The van der Waals surface area contributed by atoms with Crippen molar-refractivity contribution in [3.8, 4) is 11.3 Å². The van der Waals surface area contributed by atoms with Gasteiger partial charge in [0.25, 0.3) is 11.5 Å². The molecule has 25 heavy (non-hydrogen) atoms. The van der Waals surface area contributed by atoms with Gasteiger partial charge in [0, 0.05) is 41.2 Å². The Morgan fingerprint density at radius 1 is 1.04 bits per heavy atom. The normalized spacial score (nSPS) is 10.4. The molecule has 0 atom stereocenters. The van der Waals surface area contributed by atoms with Crippen molar-refractivity contribution < 1.29 is 4.79 Å². The van der Waals surface area contributed by atoms with Gasteiger partial charge in [0.15, 0.2) is 0 Å². The van der Waals surface area contributed by atoms with Crippen LogP contribution in [0.2, 0.25) is 5.02 Å². The summed E-state index contributed by atoms with van der Waals surface area (Å²) in [5, 5.41) is 7.73. The Bertz CT molecular complexity index is 924. The van der Waals surface area contributed by atoms with E-state index in [1.807, 2.05) is 12.1 Å². The summed E-state index contributed by atoms with van der Waals surface area (Å²) in [4.78, 5) is 27.8. The lowest BCUT2D eigenvalue weighted by Crippen LogP contribution is -2.31. The van der Waals surface area contributed by atoms with Crippen LogP contribution in [0, 0.1) is 0 Å². The van der Waals surface area contributed by atoms with Crippen LogP contribution >= 0.6 is 11.6 Å². The molecule has 2 aromatic heterocycles. The van der Waals surface area contributed by atoms with E-state index in [-0.39, 0.29) is 24.6 Å². The summed E-state index contributed by atoms with van der Waals surface area (Å²) in [6, 6.07) is 13.6. The van der Waals surface area contributed by atoms with Gasteiger partial charge in [-0.2, -0.15) is 5.10 Å². The van der Waals surface area contributed by atoms with Gasteiger partial charge in [0.2, 0.25) is 0 Å². The molecule has 0 saturated carbocycles. The Hall–Kier alpha value is -2.99. The molecule has 0 aliphatic carbocycles. The number of carbonyl (C=O) groups excluding carboxylic acids is 1. The topological polar surface area (TPSA) is 76.9 Å². The smallest absolute Gasteiger partial charge is 0.266 e. The Morgan fingerprint density at radius 2 is 1.76 bits per heavy atom. The molecule has 0 bridgehead atoms. The average Bonchev–Trinajstić information content (AvgIpc) is 2.64. The van der Waals surface area contributed by atoms with Crippen LogP contribution in [-0.2, 0) is 6.54 Å². The molecule has 7 heteroatoms. The van der Waals surface area contributed by atoms with Crippen LogP contribution in [0.25, 0.3) is 11.3 Å². The lowest BCUT2D eigenvalue weighted by atomic mass is 10.1. The lowest BCUT2D eigenvalue weighted by Gasteiger charge is -2.08. The summed E-state index contributed by atoms with van der Waals surface area (Å²) in [6.45, 7) is 0.565. The van der Waals surface area contributed by atoms with Crippen molar-refractivity contribution in [2.45, 2.75) is 6.54 Å². The quantitative estimate of drug-likeness (QED) is 0.763. The number of aromatic nitrogens is 3. The third-order valence-corrected chi connectivity index (χ3v) is 3.81. The Morgan fingerprint density at radius 3 is 2.48 bits per heavy atom. The van der Waals surface area contributed by atoms with Crippen molar-refractivity contribution in [2.24, 2.45) is 0 Å². The van der Waals surface area contributed by atoms with Gasteiger partial charge in [-0.25, -0.2) is 4.68 Å². The molecular weight excluding hydrogens is 340 g/mol. The summed E-state index contributed by atoms with van der Waals surface area (Å²) in [5.41, 5.74) is 1.82. The van der Waals surface area contributed by atoms with Crippen LogP contribution in [0.5, 0.6) is 0 Å². The van der Waals surface area contributed by atoms with Crippen LogP contribution in [0.15, 0.2) is 65.7 Å². The number of hydrogen-bond donors (Lipinski definition) is 1. The third-order valence-electron chi connectivity index (χ3n) is 3.56. The minimum Gasteiger partial charge on any atom is -0.350 e. The number of nitrogens with one attached hydrogen (secondary N) is 1. The van der Waals surface area contributed by atoms with E-state index in [4.69, 9.17) is 11.6 Å². The number of pyridine rings is 1. The summed E-state index contributed by atoms with van der Waals surface area (Å²) >= 11 is 5.88. The standard InChI is InChI=1S/C18H15ClN4O2/c19-15-3-1-13(2-4-15)16-5-6-17(24)23(22-16)12-11-21-18(25)14-7-9-20-10-8-14/h1-10H,11-12H2,(H,21,25). The van der Waals surface area contributed by atoms with Crippen molar-refractivity contribution >= 4 is 17.5 Å². The molecule has 1 N–H and O–H groups in total. The molecule has 3 aromatic rings. The SMILES string of the molecule is O=C(NCCn1nc(-c2ccc(Cl)cc2)ccc1=O)c1ccncc1. The molecular formula is C18H15ClN4O2. The van der Waals surface area contributed by atoms with Crippen LogP contribution in [0.4, 0.5) is 0 Å². The predicted octanol–water partition coefficient (Wildman–Crippen LogP) is 2.39. The van der Waals surface area contributed by atoms with Crippen LogP contribution < -0.4 is 10.9 Å². The molecule has 2 heterocycles. The monoisotopic (exact) mass is 354 g/mol. The fraction of sp³-hybridized carbons (Fsp3) is 0.111. The zero-order chi connectivity index (χ0) is 17.6. The summed E-state index contributed by atoms with van der Waals surface area (Å²) in [6.07, 6.45) is 3.10. The summed E-state index contributed by atoms with van der Waals surface area (Å²) in [7, 11) is 0. The Kier molecular flexibility index (Phi) is 5.20. The van der Waals surface area contributed by atoms with E-state index >= 15 is 0 Å². The Labute approximate surface area is 149 Å². The van der Waals surface area contributed by atoms with Crippen LogP contribution in [0.1, 0.15) is 10.4 Å². The largest absolute Gasteiger partial charge is 0.350 e. The molecule has 1 aromatic carbocycles. The van der Waals surface area contributed by atoms with Gasteiger partial charge >= 0.3 is 0 Å². The minimum absolute atomic E-state index is 0.218. The summed E-state index contributed by atoms with van der Waals surface area (Å²) in [5.74, 6) is -0.218. The van der Waals surface area contributed by atoms with Crippen molar-refractivity contribution in [3.05, 3.63) is 81.9 Å². The molecule has 0 unspecified atom stereocenters. The molecule has 0 aliphatic heterocycles. The molecule has 0 saturated heterocycles. The van der Waals surface area contributed by atoms with Crippen LogP contribution in [-0.4, -0.2) is 27.2 Å². The molecule has 0 aliphatic rings. The fourth-order valence-electron chi connectivity index (χ4n) is 2.26. The molecule has 0 radical (unpaired) electrons. The maximum Gasteiger partial charge on any atom is 0.266 e. The van der Waals surface area contributed by atoms with E-state index in [1.54, 1.807) is 42.7 Å². The van der Waals surface area contributed by atoms with Gasteiger partial charge in [0.1, 0.15) is 0 Å². The number of nitrogens with zero attached hydrogens (tertiary/aromatic N) is 3. The second-order valence-corrected chi connectivity index (χ2v) is 5.72. The van der Waals surface area contributed by atoms with Gasteiger partial charge in [-0.3, -0.25) is 14.6 Å². The van der Waals surface area contributed by atoms with Crippen molar-refractivity contribution in [3.63, 3.8) is 0 Å². The van der Waals surface area contributed by atoms with E-state index < -0.39 is 0 Å². The second-order valence-electron chi connectivity index (χ2n) is 5.28. The summed E-state index contributed by atoms with van der Waals surface area (Å²) < 4.78 is 1.33. The first-order valence-corrected chi connectivity index (χ1v) is 8.03. The maximum atomic E-state index is 12.0. The number of rotatable bonds is 5. The fourth-order valence-corrected chi connectivity index (χ4v) is 2.39. The first-order chi connectivity index (χ1) is 12.1. The predicted molar refractivity (Wildman–Crippen MR) is 95.5 cm³/mol. The number of carbonyl (C=O) groups is 1. The van der Waals surface area contributed by atoms with Gasteiger partial charge in [-0.1, -0.05) is 23.7 Å². The van der Waals surface area contributed by atoms with Crippen molar-refractivity contribution in [1.82, 2.24) is 20.1 Å². The van der Waals surface area contributed by atoms with Gasteiger partial charge in [0.05, 0.1) is 12.2 Å². The number of benzene rings is 1.